The van der Waals surface area contributed by atoms with Crippen LogP contribution in [0.3, 0.4) is 0 Å². The van der Waals surface area contributed by atoms with E-state index in [4.69, 9.17) is 4.74 Å². The Kier molecular flexibility index (Phi) is 6.96. The molecule has 0 spiro atoms. The average molecular weight is 427 g/mol. The maximum Gasteiger partial charge on any atom is 0.242 e. The zero-order valence-corrected chi connectivity index (χ0v) is 17.7. The Morgan fingerprint density at radius 3 is 2.80 bits per heavy atom. The van der Waals surface area contributed by atoms with Crippen molar-refractivity contribution < 1.29 is 14.3 Å². The van der Waals surface area contributed by atoms with Gasteiger partial charge in [0.1, 0.15) is 0 Å². The molecule has 2 fully saturated rings. The van der Waals surface area contributed by atoms with Gasteiger partial charge in [-0.25, -0.2) is 4.98 Å². The highest BCUT2D eigenvalue weighted by atomic mass is 32.2. The first kappa shape index (κ1) is 20.8. The molecule has 0 N–H and O–H groups in total. The molecule has 1 aliphatic heterocycles. The number of hydrogen-bond acceptors (Lipinski definition) is 6. The van der Waals surface area contributed by atoms with Crippen molar-refractivity contribution in [1.82, 2.24) is 19.8 Å². The number of hydrogen-bond donors (Lipinski definition) is 0. The number of amides is 2. The number of rotatable bonds is 8. The molecule has 2 aromatic heterocycles. The molecule has 2 aromatic rings. The molecule has 30 heavy (non-hydrogen) atoms. The van der Waals surface area contributed by atoms with Gasteiger partial charge >= 0.3 is 0 Å². The molecule has 0 radical (unpaired) electrons. The van der Waals surface area contributed by atoms with E-state index in [0.717, 1.165) is 10.6 Å². The molecule has 158 valence electrons. The van der Waals surface area contributed by atoms with Gasteiger partial charge in [0.25, 0.3) is 0 Å². The summed E-state index contributed by atoms with van der Waals surface area (Å²) >= 11 is 1.39. The molecule has 0 bridgehead atoms. The molecule has 0 unspecified atom stereocenters. The summed E-state index contributed by atoms with van der Waals surface area (Å²) in [5, 5.41) is 0.798. The van der Waals surface area contributed by atoms with E-state index in [0.29, 0.717) is 32.2 Å². The molecule has 2 amide bonds. The summed E-state index contributed by atoms with van der Waals surface area (Å²) in [4.78, 5) is 37.6. The summed E-state index contributed by atoms with van der Waals surface area (Å²) < 4.78 is 6.12. The first-order valence-electron chi connectivity index (χ1n) is 10.3. The fraction of sp³-hybridized carbons (Fsp3) is 0.455. The third kappa shape index (κ3) is 6.03. The van der Waals surface area contributed by atoms with Gasteiger partial charge in [0.2, 0.25) is 11.8 Å². The predicted octanol–water partition coefficient (Wildman–Crippen LogP) is 2.23. The van der Waals surface area contributed by atoms with Crippen molar-refractivity contribution in [2.45, 2.75) is 30.5 Å². The second-order valence-electron chi connectivity index (χ2n) is 7.77. The van der Waals surface area contributed by atoms with Crippen LogP contribution in [0.5, 0.6) is 0 Å². The van der Waals surface area contributed by atoms with E-state index in [9.17, 15) is 9.59 Å². The third-order valence-corrected chi connectivity index (χ3v) is 6.15. The Morgan fingerprint density at radius 2 is 2.07 bits per heavy atom. The van der Waals surface area contributed by atoms with Gasteiger partial charge in [-0.15, -0.1) is 0 Å². The molecule has 8 heteroatoms. The molecule has 3 heterocycles. The highest BCUT2D eigenvalue weighted by molar-refractivity contribution is 7.99. The van der Waals surface area contributed by atoms with Crippen LogP contribution in [0, 0.1) is 5.92 Å². The van der Waals surface area contributed by atoms with Crippen molar-refractivity contribution >= 4 is 23.6 Å². The second-order valence-corrected chi connectivity index (χ2v) is 8.76. The fourth-order valence-corrected chi connectivity index (χ4v) is 4.12. The van der Waals surface area contributed by atoms with E-state index in [-0.39, 0.29) is 30.2 Å². The highest BCUT2D eigenvalue weighted by Crippen LogP contribution is 2.29. The Balaban J connectivity index is 1.41. The largest absolute Gasteiger partial charge is 0.374 e. The summed E-state index contributed by atoms with van der Waals surface area (Å²) in [5.74, 6) is 0.747. The zero-order chi connectivity index (χ0) is 20.8. The number of pyridine rings is 2. The first-order valence-corrected chi connectivity index (χ1v) is 11.3. The van der Waals surface area contributed by atoms with Crippen LogP contribution in [0.1, 0.15) is 18.4 Å². The molecule has 1 aliphatic carbocycles. The van der Waals surface area contributed by atoms with Gasteiger partial charge in [-0.05, 0) is 42.5 Å². The SMILES string of the molecule is O=C(CSc1ccccn1)N1CC(=O)N(Cc2cccnc2)C[C@H](OCC2CC2)C1. The van der Waals surface area contributed by atoms with Crippen molar-refractivity contribution in [3.8, 4) is 0 Å². The maximum atomic E-state index is 12.9. The summed E-state index contributed by atoms with van der Waals surface area (Å²) in [6.07, 6.45) is 7.42. The van der Waals surface area contributed by atoms with E-state index < -0.39 is 0 Å². The summed E-state index contributed by atoms with van der Waals surface area (Å²) in [6.45, 7) is 2.16. The van der Waals surface area contributed by atoms with Gasteiger partial charge in [-0.1, -0.05) is 23.9 Å². The predicted molar refractivity (Wildman–Crippen MR) is 114 cm³/mol. The monoisotopic (exact) mass is 426 g/mol. The van der Waals surface area contributed by atoms with E-state index in [1.54, 1.807) is 28.4 Å². The minimum Gasteiger partial charge on any atom is -0.374 e. The lowest BCUT2D eigenvalue weighted by Gasteiger charge is -2.25. The quantitative estimate of drug-likeness (QED) is 0.603. The van der Waals surface area contributed by atoms with Crippen LogP contribution in [0.15, 0.2) is 53.9 Å². The molecule has 4 rings (SSSR count). The standard InChI is InChI=1S/C22H26N4O3S/c27-21-14-26(22(28)16-30-20-5-1-2-9-24-20)13-19(29-15-17-6-7-17)12-25(21)11-18-4-3-8-23-10-18/h1-5,8-10,17,19H,6-7,11-16H2/t19-/m0/s1. The van der Waals surface area contributed by atoms with Crippen molar-refractivity contribution in [1.29, 1.82) is 0 Å². The first-order chi connectivity index (χ1) is 14.7. The minimum absolute atomic E-state index is 0.0624. The fourth-order valence-electron chi connectivity index (χ4n) is 3.36. The van der Waals surface area contributed by atoms with Crippen LogP contribution in [0.25, 0.3) is 0 Å². The molecule has 7 nitrogen and oxygen atoms in total. The molecule has 1 atom stereocenters. The van der Waals surface area contributed by atoms with Gasteiger partial charge in [0, 0.05) is 44.8 Å². The number of aromatic nitrogens is 2. The number of ether oxygens (including phenoxy) is 1. The number of nitrogens with zero attached hydrogens (tertiary/aromatic N) is 4. The van der Waals surface area contributed by atoms with Gasteiger partial charge in [-0.2, -0.15) is 0 Å². The van der Waals surface area contributed by atoms with Crippen LogP contribution in [-0.2, 0) is 20.9 Å². The molecular weight excluding hydrogens is 400 g/mol. The molecule has 2 aliphatic rings. The lowest BCUT2D eigenvalue weighted by molar-refractivity contribution is -0.137. The van der Waals surface area contributed by atoms with Crippen LogP contribution in [0.4, 0.5) is 0 Å². The van der Waals surface area contributed by atoms with Gasteiger partial charge < -0.3 is 14.5 Å². The number of carbonyl (C=O) groups is 2. The zero-order valence-electron chi connectivity index (χ0n) is 16.9. The molecular formula is C22H26N4O3S. The Labute approximate surface area is 180 Å². The van der Waals surface area contributed by atoms with Crippen molar-refractivity contribution in [3.05, 3.63) is 54.5 Å². The Bertz CT molecular complexity index is 848. The maximum absolute atomic E-state index is 12.9. The smallest absolute Gasteiger partial charge is 0.242 e. The third-order valence-electron chi connectivity index (χ3n) is 5.22. The summed E-state index contributed by atoms with van der Waals surface area (Å²) in [5.41, 5.74) is 0.970. The lowest BCUT2D eigenvalue weighted by Crippen LogP contribution is -2.40. The van der Waals surface area contributed by atoms with Gasteiger partial charge in [0.05, 0.1) is 23.4 Å². The van der Waals surface area contributed by atoms with Crippen molar-refractivity contribution in [2.24, 2.45) is 5.92 Å². The normalized spacial score (nSPS) is 19.6. The van der Waals surface area contributed by atoms with Crippen LogP contribution in [-0.4, -0.2) is 69.7 Å². The van der Waals surface area contributed by atoms with E-state index in [2.05, 4.69) is 9.97 Å². The summed E-state index contributed by atoms with van der Waals surface area (Å²) in [7, 11) is 0. The van der Waals surface area contributed by atoms with Crippen LogP contribution < -0.4 is 0 Å². The second kappa shape index (κ2) is 10.0. The van der Waals surface area contributed by atoms with Gasteiger partial charge in [0.15, 0.2) is 0 Å². The minimum atomic E-state index is -0.183. The Hall–Kier alpha value is -2.45. The molecule has 1 saturated heterocycles. The van der Waals surface area contributed by atoms with Crippen LogP contribution >= 0.6 is 11.8 Å². The highest BCUT2D eigenvalue weighted by Gasteiger charge is 2.32. The number of thioether (sulfide) groups is 1. The van der Waals surface area contributed by atoms with E-state index >= 15 is 0 Å². The van der Waals surface area contributed by atoms with Crippen molar-refractivity contribution in [3.63, 3.8) is 0 Å². The van der Waals surface area contributed by atoms with Gasteiger partial charge in [-0.3, -0.25) is 14.6 Å². The topological polar surface area (TPSA) is 75.6 Å². The van der Waals surface area contributed by atoms with Crippen LogP contribution in [0.2, 0.25) is 0 Å². The average Bonchev–Trinajstić information content (AvgIpc) is 3.61. The van der Waals surface area contributed by atoms with E-state index in [1.807, 2.05) is 30.3 Å². The van der Waals surface area contributed by atoms with Crippen molar-refractivity contribution in [2.75, 3.05) is 32.0 Å². The number of carbonyl (C=O) groups excluding carboxylic acids is 2. The molecule has 1 saturated carbocycles. The van der Waals surface area contributed by atoms with E-state index in [1.165, 1.54) is 24.6 Å². The lowest BCUT2D eigenvalue weighted by atomic mass is 10.2. The molecule has 0 aromatic carbocycles. The Morgan fingerprint density at radius 1 is 1.17 bits per heavy atom. The summed E-state index contributed by atoms with van der Waals surface area (Å²) in [6, 6.07) is 9.44.